The van der Waals surface area contributed by atoms with Gasteiger partial charge in [-0.1, -0.05) is 6.07 Å². The molecule has 15 heavy (non-hydrogen) atoms. The molecule has 0 aliphatic heterocycles. The van der Waals surface area contributed by atoms with E-state index in [2.05, 4.69) is 25.1 Å². The summed E-state index contributed by atoms with van der Waals surface area (Å²) in [5.74, 6) is 1.63. The zero-order valence-electron chi connectivity index (χ0n) is 9.37. The van der Waals surface area contributed by atoms with Crippen molar-refractivity contribution in [1.82, 2.24) is 0 Å². The summed E-state index contributed by atoms with van der Waals surface area (Å²) < 4.78 is 5.27. The first kappa shape index (κ1) is 10.0. The van der Waals surface area contributed by atoms with E-state index in [-0.39, 0.29) is 5.92 Å². The van der Waals surface area contributed by atoms with Crippen LogP contribution in [0.25, 0.3) is 0 Å². The summed E-state index contributed by atoms with van der Waals surface area (Å²) in [7, 11) is 1.69. The monoisotopic (exact) mass is 201 g/mol. The third-order valence-corrected chi connectivity index (χ3v) is 3.14. The van der Waals surface area contributed by atoms with E-state index in [1.165, 1.54) is 11.1 Å². The second-order valence-corrected chi connectivity index (χ2v) is 4.26. The van der Waals surface area contributed by atoms with Crippen LogP contribution >= 0.6 is 0 Å². The number of benzene rings is 1. The molecule has 0 amide bonds. The van der Waals surface area contributed by atoms with Crippen molar-refractivity contribution >= 4 is 0 Å². The van der Waals surface area contributed by atoms with Gasteiger partial charge in [-0.2, -0.15) is 5.26 Å². The molecule has 1 saturated carbocycles. The molecule has 0 radical (unpaired) electrons. The van der Waals surface area contributed by atoms with Gasteiger partial charge in [0.2, 0.25) is 0 Å². The van der Waals surface area contributed by atoms with E-state index in [0.29, 0.717) is 5.92 Å². The van der Waals surface area contributed by atoms with Crippen molar-refractivity contribution in [3.63, 3.8) is 0 Å². The third kappa shape index (κ3) is 1.70. The first-order valence-corrected chi connectivity index (χ1v) is 5.22. The number of aryl methyl sites for hydroxylation is 2. The molecule has 2 heteroatoms. The molecule has 2 unspecified atom stereocenters. The lowest BCUT2D eigenvalue weighted by atomic mass is 10.00. The molecule has 1 aromatic carbocycles. The molecule has 2 atom stereocenters. The highest BCUT2D eigenvalue weighted by molar-refractivity contribution is 5.45. The van der Waals surface area contributed by atoms with Crippen LogP contribution in [0.15, 0.2) is 12.1 Å². The van der Waals surface area contributed by atoms with Crippen molar-refractivity contribution in [3.8, 4) is 11.8 Å². The van der Waals surface area contributed by atoms with E-state index < -0.39 is 0 Å². The summed E-state index contributed by atoms with van der Waals surface area (Å²) in [5.41, 5.74) is 3.71. The second kappa shape index (κ2) is 3.58. The van der Waals surface area contributed by atoms with Crippen molar-refractivity contribution in [3.05, 3.63) is 28.8 Å². The van der Waals surface area contributed by atoms with Crippen molar-refractivity contribution < 1.29 is 4.74 Å². The Morgan fingerprint density at radius 3 is 2.60 bits per heavy atom. The molecule has 2 nitrogen and oxygen atoms in total. The highest BCUT2D eigenvalue weighted by Gasteiger charge is 2.39. The Morgan fingerprint density at radius 2 is 2.07 bits per heavy atom. The van der Waals surface area contributed by atoms with Crippen LogP contribution in [0.3, 0.4) is 0 Å². The van der Waals surface area contributed by atoms with Crippen LogP contribution in [-0.2, 0) is 0 Å². The summed E-state index contributed by atoms with van der Waals surface area (Å²) in [6.45, 7) is 4.13. The number of methoxy groups -OCH3 is 1. The average Bonchev–Trinajstić information content (AvgIpc) is 3.00. The van der Waals surface area contributed by atoms with E-state index in [1.807, 2.05) is 6.92 Å². The minimum atomic E-state index is 0.233. The van der Waals surface area contributed by atoms with Gasteiger partial charge in [-0.05, 0) is 43.0 Å². The van der Waals surface area contributed by atoms with Gasteiger partial charge in [0.25, 0.3) is 0 Å². The molecule has 78 valence electrons. The zero-order chi connectivity index (χ0) is 11.0. The standard InChI is InChI=1S/C13H15NO/c1-8-5-13(15-3)9(2)4-11(8)12-6-10(12)7-14/h4-5,10,12H,6H2,1-3H3. The highest BCUT2D eigenvalue weighted by atomic mass is 16.5. The molecule has 0 spiro atoms. The van der Waals surface area contributed by atoms with Gasteiger partial charge in [0.15, 0.2) is 0 Å². The smallest absolute Gasteiger partial charge is 0.122 e. The summed E-state index contributed by atoms with van der Waals surface area (Å²) in [6, 6.07) is 6.56. The van der Waals surface area contributed by atoms with Crippen molar-refractivity contribution in [2.75, 3.05) is 7.11 Å². The lowest BCUT2D eigenvalue weighted by Crippen LogP contribution is -1.93. The number of nitriles is 1. The molecule has 0 aromatic heterocycles. The van der Waals surface area contributed by atoms with Crippen LogP contribution in [0, 0.1) is 31.1 Å². The van der Waals surface area contributed by atoms with E-state index in [9.17, 15) is 0 Å². The Balaban J connectivity index is 2.35. The third-order valence-electron chi connectivity index (χ3n) is 3.14. The molecule has 0 saturated heterocycles. The van der Waals surface area contributed by atoms with Crippen LogP contribution in [0.1, 0.15) is 29.0 Å². The van der Waals surface area contributed by atoms with Gasteiger partial charge in [0.05, 0.1) is 19.1 Å². The summed E-state index contributed by atoms with van der Waals surface area (Å²) in [5, 5.41) is 8.82. The summed E-state index contributed by atoms with van der Waals surface area (Å²) in [6.07, 6.45) is 1.02. The number of hydrogen-bond donors (Lipinski definition) is 0. The maximum Gasteiger partial charge on any atom is 0.122 e. The molecule has 0 heterocycles. The Hall–Kier alpha value is -1.49. The van der Waals surface area contributed by atoms with E-state index in [0.717, 1.165) is 17.7 Å². The Labute approximate surface area is 90.5 Å². The fourth-order valence-electron chi connectivity index (χ4n) is 2.11. The van der Waals surface area contributed by atoms with E-state index >= 15 is 0 Å². The van der Waals surface area contributed by atoms with Crippen LogP contribution in [0.4, 0.5) is 0 Å². The predicted molar refractivity (Wildman–Crippen MR) is 58.9 cm³/mol. The lowest BCUT2D eigenvalue weighted by Gasteiger charge is -2.10. The maximum absolute atomic E-state index is 8.82. The minimum absolute atomic E-state index is 0.233. The Kier molecular flexibility index (Phi) is 2.40. The first-order chi connectivity index (χ1) is 7.17. The quantitative estimate of drug-likeness (QED) is 0.737. The predicted octanol–water partition coefficient (Wildman–Crippen LogP) is 2.94. The topological polar surface area (TPSA) is 33.0 Å². The largest absolute Gasteiger partial charge is 0.496 e. The summed E-state index contributed by atoms with van der Waals surface area (Å²) in [4.78, 5) is 0. The number of ether oxygens (including phenoxy) is 1. The van der Waals surface area contributed by atoms with Crippen molar-refractivity contribution in [1.29, 1.82) is 5.26 Å². The molecule has 0 bridgehead atoms. The zero-order valence-corrected chi connectivity index (χ0v) is 9.37. The van der Waals surface area contributed by atoms with Gasteiger partial charge < -0.3 is 4.74 Å². The molecule has 2 rings (SSSR count). The highest BCUT2D eigenvalue weighted by Crippen LogP contribution is 2.48. The Morgan fingerprint density at radius 1 is 1.33 bits per heavy atom. The van der Waals surface area contributed by atoms with Crippen molar-refractivity contribution in [2.24, 2.45) is 5.92 Å². The van der Waals surface area contributed by atoms with Gasteiger partial charge in [0.1, 0.15) is 5.75 Å². The van der Waals surface area contributed by atoms with Gasteiger partial charge >= 0.3 is 0 Å². The Bertz CT molecular complexity index is 431. The van der Waals surface area contributed by atoms with Gasteiger partial charge in [-0.3, -0.25) is 0 Å². The summed E-state index contributed by atoms with van der Waals surface area (Å²) >= 11 is 0. The van der Waals surface area contributed by atoms with Crippen LogP contribution in [0.5, 0.6) is 5.75 Å². The fraction of sp³-hybridized carbons (Fsp3) is 0.462. The van der Waals surface area contributed by atoms with E-state index in [4.69, 9.17) is 10.00 Å². The fourth-order valence-corrected chi connectivity index (χ4v) is 2.11. The molecular weight excluding hydrogens is 186 g/mol. The van der Waals surface area contributed by atoms with Crippen LogP contribution in [0.2, 0.25) is 0 Å². The number of hydrogen-bond acceptors (Lipinski definition) is 2. The normalized spacial score (nSPS) is 23.3. The second-order valence-electron chi connectivity index (χ2n) is 4.26. The van der Waals surface area contributed by atoms with Crippen LogP contribution < -0.4 is 4.74 Å². The molecule has 1 fully saturated rings. The van der Waals surface area contributed by atoms with Gasteiger partial charge in [-0.25, -0.2) is 0 Å². The molecular formula is C13H15NO. The van der Waals surface area contributed by atoms with Gasteiger partial charge in [0, 0.05) is 5.92 Å². The van der Waals surface area contributed by atoms with Gasteiger partial charge in [-0.15, -0.1) is 0 Å². The SMILES string of the molecule is COc1cc(C)c(C2CC2C#N)cc1C. The lowest BCUT2D eigenvalue weighted by molar-refractivity contribution is 0.411. The van der Waals surface area contributed by atoms with E-state index in [1.54, 1.807) is 7.11 Å². The first-order valence-electron chi connectivity index (χ1n) is 5.22. The maximum atomic E-state index is 8.82. The molecule has 0 N–H and O–H groups in total. The number of rotatable bonds is 2. The molecule has 1 aromatic rings. The van der Waals surface area contributed by atoms with Crippen molar-refractivity contribution in [2.45, 2.75) is 26.2 Å². The van der Waals surface area contributed by atoms with Crippen LogP contribution in [-0.4, -0.2) is 7.11 Å². The number of nitrogens with zero attached hydrogens (tertiary/aromatic N) is 1. The average molecular weight is 201 g/mol. The minimum Gasteiger partial charge on any atom is -0.496 e. The molecule has 1 aliphatic carbocycles. The molecule has 1 aliphatic rings.